The average Bonchev–Trinajstić information content (AvgIpc) is 2.08. The predicted octanol–water partition coefficient (Wildman–Crippen LogP) is 4.09. The number of rotatable bonds is 3. The van der Waals surface area contributed by atoms with E-state index in [0.29, 0.717) is 0 Å². The number of alkyl halides is 1. The van der Waals surface area contributed by atoms with E-state index >= 15 is 0 Å². The van der Waals surface area contributed by atoms with E-state index in [9.17, 15) is 8.78 Å². The van der Waals surface area contributed by atoms with Crippen molar-refractivity contribution in [3.8, 4) is 0 Å². The van der Waals surface area contributed by atoms with Crippen LogP contribution >= 0.6 is 11.6 Å². The molecule has 0 spiro atoms. The van der Waals surface area contributed by atoms with E-state index in [1.54, 1.807) is 6.07 Å². The van der Waals surface area contributed by atoms with Crippen LogP contribution in [0.25, 0.3) is 0 Å². The maximum absolute atomic E-state index is 12.9. The summed E-state index contributed by atoms with van der Waals surface area (Å²) in [6.45, 7) is 3.84. The van der Waals surface area contributed by atoms with Crippen LogP contribution < -0.4 is 0 Å². The van der Waals surface area contributed by atoms with Crippen LogP contribution in [0.5, 0.6) is 0 Å². The first kappa shape index (κ1) is 11.4. The molecule has 0 N–H and O–H groups in total. The number of hydrogen-bond acceptors (Lipinski definition) is 0. The van der Waals surface area contributed by atoms with Crippen molar-refractivity contribution in [2.45, 2.75) is 31.6 Å². The Morgan fingerprint density at radius 3 is 2.36 bits per heavy atom. The van der Waals surface area contributed by atoms with Gasteiger partial charge in [0.1, 0.15) is 0 Å². The summed E-state index contributed by atoms with van der Waals surface area (Å²) in [4.78, 5) is 0. The Bertz CT molecular complexity index is 310. The monoisotopic (exact) mass is 218 g/mol. The third-order valence-electron chi connectivity index (χ3n) is 2.19. The Balaban J connectivity index is 2.80. The van der Waals surface area contributed by atoms with E-state index in [0.717, 1.165) is 18.1 Å². The van der Waals surface area contributed by atoms with Crippen LogP contribution in [0.2, 0.25) is 0 Å². The second-order valence-corrected chi connectivity index (χ2v) is 4.34. The minimum absolute atomic E-state index is 0.0399. The molecule has 0 heterocycles. The molecule has 0 aliphatic carbocycles. The van der Waals surface area contributed by atoms with Gasteiger partial charge in [0.15, 0.2) is 11.6 Å². The summed E-state index contributed by atoms with van der Waals surface area (Å²) in [5.74, 6) is -1.45. The van der Waals surface area contributed by atoms with Crippen molar-refractivity contribution in [1.82, 2.24) is 0 Å². The summed E-state index contributed by atoms with van der Waals surface area (Å²) in [5.41, 5.74) is 0.788. The van der Waals surface area contributed by atoms with Crippen molar-refractivity contribution >= 4 is 11.6 Å². The summed E-state index contributed by atoms with van der Waals surface area (Å²) in [6, 6.07) is 3.99. The molecule has 2 atom stereocenters. The molecule has 0 amide bonds. The Labute approximate surface area is 87.9 Å². The first-order valence-corrected chi connectivity index (χ1v) is 5.03. The number of hydrogen-bond donors (Lipinski definition) is 0. The molecular weight excluding hydrogens is 206 g/mol. The standard InChI is InChI=1S/C11H13ClF2/c1-7(5-8(2)12)9-3-4-10(13)11(14)6-9/h3-4,6-8H,5H2,1-2H3. The van der Waals surface area contributed by atoms with Gasteiger partial charge in [-0.15, -0.1) is 11.6 Å². The fourth-order valence-corrected chi connectivity index (χ4v) is 1.71. The number of benzene rings is 1. The molecule has 0 aliphatic rings. The lowest BCUT2D eigenvalue weighted by Gasteiger charge is -2.13. The molecule has 0 aromatic heterocycles. The van der Waals surface area contributed by atoms with E-state index in [-0.39, 0.29) is 11.3 Å². The van der Waals surface area contributed by atoms with Gasteiger partial charge in [0.2, 0.25) is 0 Å². The molecule has 0 fully saturated rings. The van der Waals surface area contributed by atoms with Gasteiger partial charge >= 0.3 is 0 Å². The summed E-state index contributed by atoms with van der Waals surface area (Å²) in [7, 11) is 0. The smallest absolute Gasteiger partial charge is 0.159 e. The molecule has 0 bridgehead atoms. The lowest BCUT2D eigenvalue weighted by Crippen LogP contribution is -2.01. The summed E-state index contributed by atoms with van der Waals surface area (Å²) in [5, 5.41) is 0.0399. The molecule has 0 nitrogen and oxygen atoms in total. The molecular formula is C11H13ClF2. The maximum atomic E-state index is 12.9. The number of halogens is 3. The van der Waals surface area contributed by atoms with Crippen LogP contribution in [-0.4, -0.2) is 5.38 Å². The normalized spacial score (nSPS) is 15.2. The first-order valence-electron chi connectivity index (χ1n) is 4.59. The molecule has 14 heavy (non-hydrogen) atoms. The molecule has 78 valence electrons. The van der Waals surface area contributed by atoms with Crippen LogP contribution in [0.15, 0.2) is 18.2 Å². The second-order valence-electron chi connectivity index (χ2n) is 3.59. The zero-order valence-electron chi connectivity index (χ0n) is 8.23. The second kappa shape index (κ2) is 4.74. The topological polar surface area (TPSA) is 0 Å². The zero-order chi connectivity index (χ0) is 10.7. The van der Waals surface area contributed by atoms with Gasteiger partial charge in [-0.25, -0.2) is 8.78 Å². The Morgan fingerprint density at radius 2 is 1.86 bits per heavy atom. The highest BCUT2D eigenvalue weighted by atomic mass is 35.5. The molecule has 2 unspecified atom stereocenters. The highest BCUT2D eigenvalue weighted by Gasteiger charge is 2.11. The van der Waals surface area contributed by atoms with Gasteiger partial charge in [0.05, 0.1) is 0 Å². The minimum Gasteiger partial charge on any atom is -0.204 e. The summed E-state index contributed by atoms with van der Waals surface area (Å²) < 4.78 is 25.5. The lowest BCUT2D eigenvalue weighted by molar-refractivity contribution is 0.504. The van der Waals surface area contributed by atoms with Crippen molar-refractivity contribution in [3.05, 3.63) is 35.4 Å². The molecule has 0 aliphatic heterocycles. The van der Waals surface area contributed by atoms with E-state index in [4.69, 9.17) is 11.6 Å². The van der Waals surface area contributed by atoms with Gasteiger partial charge in [0, 0.05) is 5.38 Å². The SMILES string of the molecule is CC(Cl)CC(C)c1ccc(F)c(F)c1. The largest absolute Gasteiger partial charge is 0.204 e. The predicted molar refractivity (Wildman–Crippen MR) is 54.7 cm³/mol. The molecule has 3 heteroatoms. The first-order chi connectivity index (χ1) is 6.50. The Hall–Kier alpha value is -0.630. The highest BCUT2D eigenvalue weighted by Crippen LogP contribution is 2.23. The van der Waals surface area contributed by atoms with Gasteiger partial charge in [-0.3, -0.25) is 0 Å². The van der Waals surface area contributed by atoms with Crippen LogP contribution in [0.3, 0.4) is 0 Å². The van der Waals surface area contributed by atoms with Gasteiger partial charge in [0.25, 0.3) is 0 Å². The summed E-state index contributed by atoms with van der Waals surface area (Å²) >= 11 is 5.83. The third-order valence-corrected chi connectivity index (χ3v) is 2.37. The van der Waals surface area contributed by atoms with Crippen LogP contribution in [0, 0.1) is 11.6 Å². The van der Waals surface area contributed by atoms with E-state index in [1.165, 1.54) is 6.07 Å². The molecule has 1 rings (SSSR count). The van der Waals surface area contributed by atoms with E-state index in [2.05, 4.69) is 0 Å². The summed E-state index contributed by atoms with van der Waals surface area (Å²) in [6.07, 6.45) is 0.757. The molecule has 0 radical (unpaired) electrons. The van der Waals surface area contributed by atoms with Gasteiger partial charge in [-0.1, -0.05) is 13.0 Å². The van der Waals surface area contributed by atoms with Crippen molar-refractivity contribution in [1.29, 1.82) is 0 Å². The van der Waals surface area contributed by atoms with Gasteiger partial charge in [-0.05, 0) is 37.0 Å². The van der Waals surface area contributed by atoms with E-state index in [1.807, 2.05) is 13.8 Å². The van der Waals surface area contributed by atoms with Crippen LogP contribution in [0.1, 0.15) is 31.7 Å². The fraction of sp³-hybridized carbons (Fsp3) is 0.455. The van der Waals surface area contributed by atoms with Gasteiger partial charge in [-0.2, -0.15) is 0 Å². The Kier molecular flexibility index (Phi) is 3.87. The highest BCUT2D eigenvalue weighted by molar-refractivity contribution is 6.20. The Morgan fingerprint density at radius 1 is 1.21 bits per heavy atom. The van der Waals surface area contributed by atoms with Gasteiger partial charge < -0.3 is 0 Å². The lowest BCUT2D eigenvalue weighted by atomic mass is 9.96. The van der Waals surface area contributed by atoms with Crippen molar-refractivity contribution < 1.29 is 8.78 Å². The quantitative estimate of drug-likeness (QED) is 0.671. The molecule has 0 saturated heterocycles. The third kappa shape index (κ3) is 2.95. The van der Waals surface area contributed by atoms with Crippen molar-refractivity contribution in [3.63, 3.8) is 0 Å². The van der Waals surface area contributed by atoms with Crippen LogP contribution in [0.4, 0.5) is 8.78 Å². The molecule has 0 saturated carbocycles. The average molecular weight is 219 g/mol. The fourth-order valence-electron chi connectivity index (χ4n) is 1.44. The zero-order valence-corrected chi connectivity index (χ0v) is 8.98. The van der Waals surface area contributed by atoms with E-state index < -0.39 is 11.6 Å². The van der Waals surface area contributed by atoms with Crippen LogP contribution in [-0.2, 0) is 0 Å². The minimum atomic E-state index is -0.806. The molecule has 1 aromatic rings. The maximum Gasteiger partial charge on any atom is 0.159 e. The van der Waals surface area contributed by atoms with Crippen molar-refractivity contribution in [2.75, 3.05) is 0 Å². The van der Waals surface area contributed by atoms with Crippen molar-refractivity contribution in [2.24, 2.45) is 0 Å². The molecule has 1 aromatic carbocycles.